The minimum atomic E-state index is -0.0831. The Labute approximate surface area is 155 Å². The molecule has 4 rings (SSSR count). The van der Waals surface area contributed by atoms with E-state index in [-0.39, 0.29) is 24.5 Å². The Morgan fingerprint density at radius 3 is 2.92 bits per heavy atom. The summed E-state index contributed by atoms with van der Waals surface area (Å²) in [6.45, 7) is 3.39. The van der Waals surface area contributed by atoms with Crippen molar-refractivity contribution in [2.45, 2.75) is 19.5 Å². The van der Waals surface area contributed by atoms with Gasteiger partial charge in [-0.2, -0.15) is 0 Å². The minimum Gasteiger partial charge on any atom is -0.488 e. The van der Waals surface area contributed by atoms with Gasteiger partial charge in [-0.25, -0.2) is 9.78 Å². The number of aryl methyl sites for hydroxylation is 1. The quantitative estimate of drug-likeness (QED) is 0.853. The van der Waals surface area contributed by atoms with Crippen molar-refractivity contribution in [3.8, 4) is 5.75 Å². The molecule has 24 heavy (non-hydrogen) atoms. The number of aromatic amines is 1. The van der Waals surface area contributed by atoms with E-state index in [2.05, 4.69) is 9.97 Å². The molecule has 1 aromatic carbocycles. The lowest BCUT2D eigenvalue weighted by molar-refractivity contribution is 0.218. The molecule has 2 aliphatic rings. The lowest BCUT2D eigenvalue weighted by atomic mass is 10.2. The fourth-order valence-electron chi connectivity index (χ4n) is 3.06. The van der Waals surface area contributed by atoms with Gasteiger partial charge in [-0.15, -0.1) is 12.4 Å². The first-order valence-corrected chi connectivity index (χ1v) is 7.99. The van der Waals surface area contributed by atoms with Crippen LogP contribution < -0.4 is 9.64 Å². The highest BCUT2D eigenvalue weighted by atomic mass is 35.5. The zero-order chi connectivity index (χ0) is 16.1. The third-order valence-electron chi connectivity index (χ3n) is 4.22. The van der Waals surface area contributed by atoms with Gasteiger partial charge in [0.25, 0.3) is 0 Å². The summed E-state index contributed by atoms with van der Waals surface area (Å²) in [6, 6.07) is 3.20. The number of hydrogen-bond donors (Lipinski definition) is 1. The zero-order valence-corrected chi connectivity index (χ0v) is 15.1. The number of nitrogens with one attached hydrogen (secondary N) is 1. The molecular weight excluding hydrogens is 375 g/mol. The van der Waals surface area contributed by atoms with Crippen LogP contribution in [0.25, 0.3) is 0 Å². The van der Waals surface area contributed by atoms with Gasteiger partial charge < -0.3 is 14.6 Å². The van der Waals surface area contributed by atoms with Crippen LogP contribution in [0.15, 0.2) is 18.5 Å². The predicted octanol–water partition coefficient (Wildman–Crippen LogP) is 3.65. The summed E-state index contributed by atoms with van der Waals surface area (Å²) in [5, 5.41) is 0.896. The first-order valence-electron chi connectivity index (χ1n) is 7.23. The summed E-state index contributed by atoms with van der Waals surface area (Å²) in [7, 11) is 0. The molecule has 2 amide bonds. The molecule has 0 spiro atoms. The number of benzene rings is 1. The van der Waals surface area contributed by atoms with Crippen LogP contribution in [0.1, 0.15) is 11.4 Å². The van der Waals surface area contributed by atoms with E-state index in [4.69, 9.17) is 27.9 Å². The maximum atomic E-state index is 12.8. The van der Waals surface area contributed by atoms with Crippen LogP contribution in [0.4, 0.5) is 10.5 Å². The van der Waals surface area contributed by atoms with Gasteiger partial charge in [-0.1, -0.05) is 23.2 Å². The molecule has 0 radical (unpaired) electrons. The Morgan fingerprint density at radius 1 is 1.42 bits per heavy atom. The number of rotatable bonds is 2. The number of amides is 2. The van der Waals surface area contributed by atoms with Gasteiger partial charge >= 0.3 is 6.03 Å². The highest BCUT2D eigenvalue weighted by molar-refractivity contribution is 6.36. The molecule has 1 aromatic heterocycles. The molecule has 1 unspecified atom stereocenters. The molecule has 1 N–H and O–H groups in total. The lowest BCUT2D eigenvalue weighted by Crippen LogP contribution is -2.41. The normalized spacial score (nSPS) is 18.8. The highest BCUT2D eigenvalue weighted by Crippen LogP contribution is 2.44. The van der Waals surface area contributed by atoms with E-state index in [1.807, 2.05) is 6.92 Å². The van der Waals surface area contributed by atoms with Gasteiger partial charge in [0.1, 0.15) is 6.61 Å². The predicted molar refractivity (Wildman–Crippen MR) is 94.6 cm³/mol. The molecule has 6 nitrogen and oxygen atoms in total. The second-order valence-corrected chi connectivity index (χ2v) is 6.55. The van der Waals surface area contributed by atoms with E-state index >= 15 is 0 Å². The number of carbonyl (C=O) groups is 1. The third-order valence-corrected chi connectivity index (χ3v) is 4.72. The van der Waals surface area contributed by atoms with Crippen molar-refractivity contribution >= 4 is 47.3 Å². The Hall–Kier alpha value is -1.63. The number of ether oxygens (including phenoxy) is 1. The minimum absolute atomic E-state index is 0. The molecule has 1 saturated heterocycles. The summed E-state index contributed by atoms with van der Waals surface area (Å²) >= 11 is 12.3. The number of H-pyrrole nitrogens is 1. The molecule has 2 aromatic rings. The topological polar surface area (TPSA) is 61.5 Å². The summed E-state index contributed by atoms with van der Waals surface area (Å²) < 4.78 is 5.75. The summed E-state index contributed by atoms with van der Waals surface area (Å²) in [6.07, 6.45) is 1.64. The third kappa shape index (κ3) is 2.68. The number of nitrogens with zero attached hydrogens (tertiary/aromatic N) is 3. The van der Waals surface area contributed by atoms with Crippen LogP contribution in [0, 0.1) is 6.92 Å². The molecule has 1 atom stereocenters. The molecule has 1 fully saturated rings. The number of carbonyl (C=O) groups excluding carboxylic acids is 1. The van der Waals surface area contributed by atoms with Gasteiger partial charge in [0.05, 0.1) is 35.3 Å². The van der Waals surface area contributed by atoms with Crippen LogP contribution in [0.2, 0.25) is 10.0 Å². The largest absolute Gasteiger partial charge is 0.488 e. The smallest absolute Gasteiger partial charge is 0.325 e. The van der Waals surface area contributed by atoms with E-state index < -0.39 is 0 Å². The summed E-state index contributed by atoms with van der Waals surface area (Å²) in [5.74, 6) is 0.512. The first-order chi connectivity index (χ1) is 11.0. The van der Waals surface area contributed by atoms with Gasteiger partial charge in [-0.05, 0) is 19.1 Å². The Kier molecular flexibility index (Phi) is 4.55. The second-order valence-electron chi connectivity index (χ2n) is 5.71. The summed E-state index contributed by atoms with van der Waals surface area (Å²) in [4.78, 5) is 23.6. The van der Waals surface area contributed by atoms with Gasteiger partial charge in [-0.3, -0.25) is 4.90 Å². The van der Waals surface area contributed by atoms with Gasteiger partial charge in [0, 0.05) is 17.3 Å². The molecule has 3 heterocycles. The maximum absolute atomic E-state index is 12.8. The van der Waals surface area contributed by atoms with Crippen LogP contribution in [-0.4, -0.2) is 40.1 Å². The monoisotopic (exact) mass is 388 g/mol. The van der Waals surface area contributed by atoms with E-state index in [0.29, 0.717) is 41.2 Å². The number of halogens is 3. The molecule has 0 bridgehead atoms. The molecule has 0 aliphatic carbocycles. The van der Waals surface area contributed by atoms with E-state index in [1.165, 1.54) is 0 Å². The molecule has 0 saturated carbocycles. The second kappa shape index (κ2) is 6.35. The molecule has 9 heteroatoms. The first kappa shape index (κ1) is 17.2. The standard InChI is InChI=1S/C15H14Cl2N4O2.ClH/c1-8-12(19-7-18-8)5-20-4-10-6-23-14-11(17)2-9(16)3-13(14)21(10)15(20)22;/h2-3,7,10H,4-6H2,1H3,(H,18,19);1H. The number of fused-ring (bicyclic) bond motifs is 3. The Balaban J connectivity index is 0.00000169. The number of urea groups is 1. The maximum Gasteiger partial charge on any atom is 0.325 e. The van der Waals surface area contributed by atoms with Crippen LogP contribution >= 0.6 is 35.6 Å². The van der Waals surface area contributed by atoms with Crippen molar-refractivity contribution < 1.29 is 9.53 Å². The number of imidazole rings is 1. The van der Waals surface area contributed by atoms with E-state index in [9.17, 15) is 4.79 Å². The Bertz CT molecular complexity index is 795. The number of hydrogen-bond acceptors (Lipinski definition) is 3. The molecule has 2 aliphatic heterocycles. The fourth-order valence-corrected chi connectivity index (χ4v) is 3.59. The van der Waals surface area contributed by atoms with E-state index in [1.54, 1.807) is 28.3 Å². The number of anilines is 1. The molecule has 128 valence electrons. The van der Waals surface area contributed by atoms with Crippen molar-refractivity contribution in [2.75, 3.05) is 18.1 Å². The van der Waals surface area contributed by atoms with Crippen LogP contribution in [0.3, 0.4) is 0 Å². The van der Waals surface area contributed by atoms with Crippen LogP contribution in [-0.2, 0) is 6.54 Å². The average Bonchev–Trinajstić information content (AvgIpc) is 3.04. The molecular formula is C15H15Cl3N4O2. The van der Waals surface area contributed by atoms with Gasteiger partial charge in [0.15, 0.2) is 5.75 Å². The van der Waals surface area contributed by atoms with Crippen molar-refractivity contribution in [3.05, 3.63) is 39.9 Å². The van der Waals surface area contributed by atoms with Crippen molar-refractivity contribution in [1.29, 1.82) is 0 Å². The van der Waals surface area contributed by atoms with E-state index in [0.717, 1.165) is 11.4 Å². The van der Waals surface area contributed by atoms with Crippen molar-refractivity contribution in [2.24, 2.45) is 0 Å². The van der Waals surface area contributed by atoms with Crippen molar-refractivity contribution in [1.82, 2.24) is 14.9 Å². The SMILES string of the molecule is Cc1[nH]cnc1CN1CC2COc3c(Cl)cc(Cl)cc3N2C1=O.Cl. The summed E-state index contributed by atoms with van der Waals surface area (Å²) in [5.41, 5.74) is 2.46. The van der Waals surface area contributed by atoms with Crippen molar-refractivity contribution in [3.63, 3.8) is 0 Å². The van der Waals surface area contributed by atoms with Crippen LogP contribution in [0.5, 0.6) is 5.75 Å². The average molecular weight is 390 g/mol. The van der Waals surface area contributed by atoms with Gasteiger partial charge in [0.2, 0.25) is 0 Å². The lowest BCUT2D eigenvalue weighted by Gasteiger charge is -2.31. The fraction of sp³-hybridized carbons (Fsp3) is 0.333. The Morgan fingerprint density at radius 2 is 2.21 bits per heavy atom. The zero-order valence-electron chi connectivity index (χ0n) is 12.8. The highest BCUT2D eigenvalue weighted by Gasteiger charge is 2.43. The number of aromatic nitrogens is 2.